The van der Waals surface area contributed by atoms with Crippen LogP contribution in [0, 0.1) is 12.3 Å². The second-order valence-corrected chi connectivity index (χ2v) is 5.49. The lowest BCUT2D eigenvalue weighted by molar-refractivity contribution is -0.112. The number of benzene rings is 2. The van der Waals surface area contributed by atoms with Crippen molar-refractivity contribution in [2.75, 3.05) is 11.9 Å². The van der Waals surface area contributed by atoms with Gasteiger partial charge in [-0.15, -0.1) is 6.42 Å². The number of terminal acetylenes is 1. The van der Waals surface area contributed by atoms with E-state index in [2.05, 4.69) is 23.4 Å². The molecule has 0 unspecified atom stereocenters. The van der Waals surface area contributed by atoms with Crippen molar-refractivity contribution in [2.45, 2.75) is 19.8 Å². The molecule has 122 valence electrons. The lowest BCUT2D eigenvalue weighted by Gasteiger charge is -2.07. The first-order chi connectivity index (χ1) is 11.7. The fourth-order valence-corrected chi connectivity index (χ4v) is 2.25. The zero-order valence-corrected chi connectivity index (χ0v) is 13.8. The molecule has 0 atom stereocenters. The number of carbonyl (C=O) groups is 1. The summed E-state index contributed by atoms with van der Waals surface area (Å²) >= 11 is 0. The molecule has 0 spiro atoms. The van der Waals surface area contributed by atoms with Gasteiger partial charge in [0.25, 0.3) is 0 Å². The number of rotatable bonds is 7. The van der Waals surface area contributed by atoms with Crippen molar-refractivity contribution in [2.24, 2.45) is 0 Å². The third-order valence-electron chi connectivity index (χ3n) is 3.45. The van der Waals surface area contributed by atoms with Gasteiger partial charge in [-0.2, -0.15) is 0 Å². The molecule has 0 bridgehead atoms. The molecule has 2 rings (SSSR count). The van der Waals surface area contributed by atoms with E-state index in [1.54, 1.807) is 18.2 Å². The summed E-state index contributed by atoms with van der Waals surface area (Å²) < 4.78 is 5.34. The Morgan fingerprint density at radius 3 is 2.75 bits per heavy atom. The highest BCUT2D eigenvalue weighted by Crippen LogP contribution is 2.17. The van der Waals surface area contributed by atoms with Crippen LogP contribution in [0.5, 0.6) is 5.75 Å². The van der Waals surface area contributed by atoms with Crippen LogP contribution in [0.15, 0.2) is 66.2 Å². The molecule has 0 fully saturated rings. The van der Waals surface area contributed by atoms with Crippen molar-refractivity contribution >= 4 is 11.6 Å². The molecule has 0 aliphatic rings. The van der Waals surface area contributed by atoms with Gasteiger partial charge in [0.2, 0.25) is 5.91 Å². The number of amides is 1. The van der Waals surface area contributed by atoms with Crippen LogP contribution in [0.4, 0.5) is 5.69 Å². The van der Waals surface area contributed by atoms with E-state index >= 15 is 0 Å². The van der Waals surface area contributed by atoms with Crippen LogP contribution in [0.2, 0.25) is 0 Å². The van der Waals surface area contributed by atoms with Crippen molar-refractivity contribution in [3.63, 3.8) is 0 Å². The summed E-state index contributed by atoms with van der Waals surface area (Å²) in [6, 6.07) is 17.4. The summed E-state index contributed by atoms with van der Waals surface area (Å²) in [5, 5.41) is 2.84. The van der Waals surface area contributed by atoms with Crippen molar-refractivity contribution < 1.29 is 9.53 Å². The minimum Gasteiger partial charge on any atom is -0.481 e. The molecule has 0 aliphatic heterocycles. The maximum absolute atomic E-state index is 12.1. The summed E-state index contributed by atoms with van der Waals surface area (Å²) in [5.74, 6) is 2.90. The molecule has 0 radical (unpaired) electrons. The van der Waals surface area contributed by atoms with Gasteiger partial charge in [0.1, 0.15) is 12.4 Å². The largest absolute Gasteiger partial charge is 0.481 e. The summed E-state index contributed by atoms with van der Waals surface area (Å²) in [6.45, 7) is 2.17. The minimum absolute atomic E-state index is 0.144. The Balaban J connectivity index is 1.88. The quantitative estimate of drug-likeness (QED) is 0.613. The molecular formula is C21H21NO2. The summed E-state index contributed by atoms with van der Waals surface area (Å²) in [4.78, 5) is 12.1. The zero-order valence-electron chi connectivity index (χ0n) is 13.8. The molecule has 0 saturated heterocycles. The predicted molar refractivity (Wildman–Crippen MR) is 97.9 cm³/mol. The highest BCUT2D eigenvalue weighted by atomic mass is 16.5. The van der Waals surface area contributed by atoms with Crippen molar-refractivity contribution in [1.29, 1.82) is 0 Å². The molecular weight excluding hydrogens is 298 g/mol. The van der Waals surface area contributed by atoms with Crippen LogP contribution < -0.4 is 10.1 Å². The monoisotopic (exact) mass is 319 g/mol. The Morgan fingerprint density at radius 2 is 2.00 bits per heavy atom. The van der Waals surface area contributed by atoms with Gasteiger partial charge in [0, 0.05) is 17.8 Å². The summed E-state index contributed by atoms with van der Waals surface area (Å²) in [7, 11) is 0. The van der Waals surface area contributed by atoms with Gasteiger partial charge < -0.3 is 10.1 Å². The zero-order chi connectivity index (χ0) is 17.2. The Morgan fingerprint density at radius 1 is 1.21 bits per heavy atom. The normalized spacial score (nSPS) is 10.8. The molecule has 0 heterocycles. The van der Waals surface area contributed by atoms with Crippen LogP contribution in [-0.4, -0.2) is 12.5 Å². The second kappa shape index (κ2) is 9.22. The Hall–Kier alpha value is -2.99. The van der Waals surface area contributed by atoms with Crippen LogP contribution in [0.3, 0.4) is 0 Å². The Labute approximate surface area is 143 Å². The smallest absolute Gasteiger partial charge is 0.248 e. The standard InChI is InChI=1S/C21H21NO2/c1-3-14-24-20-11-7-10-19(16-20)22-21(23)15-17(2)12-13-18-8-5-4-6-9-18/h1,4-11,15-16H,12-14H2,2H3,(H,22,23)/b17-15+. The van der Waals surface area contributed by atoms with Crippen molar-refractivity contribution in [1.82, 2.24) is 0 Å². The third-order valence-corrected chi connectivity index (χ3v) is 3.45. The minimum atomic E-state index is -0.144. The molecule has 3 nitrogen and oxygen atoms in total. The first kappa shape index (κ1) is 17.4. The number of nitrogens with one attached hydrogen (secondary N) is 1. The van der Waals surface area contributed by atoms with E-state index in [-0.39, 0.29) is 12.5 Å². The molecule has 2 aromatic rings. The molecule has 1 amide bonds. The van der Waals surface area contributed by atoms with Gasteiger partial charge in [-0.1, -0.05) is 47.9 Å². The van der Waals surface area contributed by atoms with Crippen LogP contribution in [0.25, 0.3) is 0 Å². The molecule has 3 heteroatoms. The number of aryl methyl sites for hydroxylation is 1. The predicted octanol–water partition coefficient (Wildman–Crippen LogP) is 4.22. The number of carbonyl (C=O) groups excluding carboxylic acids is 1. The average Bonchev–Trinajstić information content (AvgIpc) is 2.59. The van der Waals surface area contributed by atoms with Gasteiger partial charge >= 0.3 is 0 Å². The van der Waals surface area contributed by atoms with E-state index < -0.39 is 0 Å². The number of anilines is 1. The number of allylic oxidation sites excluding steroid dienone is 1. The maximum atomic E-state index is 12.1. The SMILES string of the molecule is C#CCOc1cccc(NC(=O)/C=C(\C)CCc2ccccc2)c1. The highest BCUT2D eigenvalue weighted by molar-refractivity contribution is 5.99. The maximum Gasteiger partial charge on any atom is 0.248 e. The fraction of sp³-hybridized carbons (Fsp3) is 0.190. The van der Waals surface area contributed by atoms with Crippen molar-refractivity contribution in [3.8, 4) is 18.1 Å². The third kappa shape index (κ3) is 6.02. The van der Waals surface area contributed by atoms with E-state index in [0.717, 1.165) is 18.4 Å². The number of hydrogen-bond donors (Lipinski definition) is 1. The fourth-order valence-electron chi connectivity index (χ4n) is 2.25. The van der Waals surface area contributed by atoms with E-state index in [4.69, 9.17) is 11.2 Å². The molecule has 24 heavy (non-hydrogen) atoms. The molecule has 1 N–H and O–H groups in total. The first-order valence-electron chi connectivity index (χ1n) is 7.86. The van der Waals surface area contributed by atoms with Gasteiger partial charge in [-0.25, -0.2) is 0 Å². The summed E-state index contributed by atoms with van der Waals surface area (Å²) in [6.07, 6.45) is 8.58. The number of hydrogen-bond acceptors (Lipinski definition) is 2. The van der Waals surface area contributed by atoms with E-state index in [9.17, 15) is 4.79 Å². The van der Waals surface area contributed by atoms with Crippen LogP contribution in [-0.2, 0) is 11.2 Å². The molecule has 0 saturated carbocycles. The molecule has 0 aliphatic carbocycles. The average molecular weight is 319 g/mol. The highest BCUT2D eigenvalue weighted by Gasteiger charge is 2.02. The Bertz CT molecular complexity index is 742. The van der Waals surface area contributed by atoms with Crippen LogP contribution in [0.1, 0.15) is 18.9 Å². The van der Waals surface area contributed by atoms with E-state index in [1.165, 1.54) is 5.56 Å². The number of ether oxygens (including phenoxy) is 1. The van der Waals surface area contributed by atoms with Gasteiger partial charge in [0.05, 0.1) is 0 Å². The summed E-state index contributed by atoms with van der Waals surface area (Å²) in [5.41, 5.74) is 2.99. The lowest BCUT2D eigenvalue weighted by Crippen LogP contribution is -2.09. The topological polar surface area (TPSA) is 38.3 Å². The van der Waals surface area contributed by atoms with Crippen molar-refractivity contribution in [3.05, 3.63) is 71.8 Å². The lowest BCUT2D eigenvalue weighted by atomic mass is 10.1. The first-order valence-corrected chi connectivity index (χ1v) is 7.86. The van der Waals surface area contributed by atoms with E-state index in [0.29, 0.717) is 11.4 Å². The van der Waals surface area contributed by atoms with Gasteiger partial charge in [0.15, 0.2) is 0 Å². The Kier molecular flexibility index (Phi) is 6.67. The van der Waals surface area contributed by atoms with Gasteiger partial charge in [-0.05, 0) is 37.5 Å². The van der Waals surface area contributed by atoms with Crippen LogP contribution >= 0.6 is 0 Å². The van der Waals surface area contributed by atoms with E-state index in [1.807, 2.05) is 37.3 Å². The van der Waals surface area contributed by atoms with Gasteiger partial charge in [-0.3, -0.25) is 4.79 Å². The molecule has 2 aromatic carbocycles. The second-order valence-electron chi connectivity index (χ2n) is 5.49. The molecule has 0 aromatic heterocycles.